The van der Waals surface area contributed by atoms with Gasteiger partial charge in [0.2, 0.25) is 0 Å². The van der Waals surface area contributed by atoms with Gasteiger partial charge in [0.15, 0.2) is 0 Å². The molecular weight excluding hydrogens is 369 g/mol. The highest BCUT2D eigenvalue weighted by Crippen LogP contribution is 2.38. The molecular formula is C21H21F3N2O2. The van der Waals surface area contributed by atoms with Gasteiger partial charge in [-0.25, -0.2) is 0 Å². The molecule has 7 heteroatoms. The SMILES string of the molecule is CN1CC(C)(C)Oc2ccc(NC(=O)c3ccc(/C=C/C(F)(F)F)cc3)cc21. The molecule has 0 saturated carbocycles. The summed E-state index contributed by atoms with van der Waals surface area (Å²) < 4.78 is 42.6. The van der Waals surface area contributed by atoms with Gasteiger partial charge in [0.05, 0.1) is 12.2 Å². The maximum atomic E-state index is 12.4. The highest BCUT2D eigenvalue weighted by molar-refractivity contribution is 6.04. The Morgan fingerprint density at radius 1 is 1.18 bits per heavy atom. The Hall–Kier alpha value is -2.96. The predicted octanol–water partition coefficient (Wildman–Crippen LogP) is 5.12. The van der Waals surface area contributed by atoms with Gasteiger partial charge in [0, 0.05) is 24.4 Å². The quantitative estimate of drug-likeness (QED) is 0.791. The molecule has 0 saturated heterocycles. The molecule has 3 rings (SSSR count). The number of halogens is 3. The van der Waals surface area contributed by atoms with Crippen molar-refractivity contribution in [1.82, 2.24) is 0 Å². The first-order valence-corrected chi connectivity index (χ1v) is 8.74. The first-order chi connectivity index (χ1) is 13.0. The summed E-state index contributed by atoms with van der Waals surface area (Å²) in [6.45, 7) is 4.73. The van der Waals surface area contributed by atoms with E-state index in [1.807, 2.05) is 33.0 Å². The summed E-state index contributed by atoms with van der Waals surface area (Å²) in [4.78, 5) is 14.5. The highest BCUT2D eigenvalue weighted by Gasteiger charge is 2.30. The monoisotopic (exact) mass is 390 g/mol. The van der Waals surface area contributed by atoms with E-state index in [1.165, 1.54) is 24.3 Å². The van der Waals surface area contributed by atoms with E-state index in [4.69, 9.17) is 4.74 Å². The van der Waals surface area contributed by atoms with Gasteiger partial charge in [0.25, 0.3) is 5.91 Å². The van der Waals surface area contributed by atoms with Crippen LogP contribution in [0.5, 0.6) is 5.75 Å². The van der Waals surface area contributed by atoms with E-state index in [-0.39, 0.29) is 17.6 Å². The Bertz CT molecular complexity index is 903. The third-order valence-electron chi connectivity index (χ3n) is 4.27. The second kappa shape index (κ2) is 7.22. The molecule has 0 aliphatic carbocycles. The number of rotatable bonds is 3. The van der Waals surface area contributed by atoms with E-state index in [0.717, 1.165) is 17.5 Å². The minimum atomic E-state index is -4.37. The molecule has 148 valence electrons. The summed E-state index contributed by atoms with van der Waals surface area (Å²) >= 11 is 0. The standard InChI is InChI=1S/C21H21F3N2O2/c1-20(2)13-26(3)17-12-16(8-9-18(17)28-20)25-19(27)15-6-4-14(5-7-15)10-11-21(22,23)24/h4-12H,13H2,1-3H3,(H,25,27)/b11-10+. The van der Waals surface area contributed by atoms with Gasteiger partial charge in [-0.2, -0.15) is 13.2 Å². The summed E-state index contributed by atoms with van der Waals surface area (Å²) in [5.41, 5.74) is 1.91. The number of alkyl halides is 3. The molecule has 0 radical (unpaired) electrons. The molecule has 2 aromatic rings. The molecule has 1 amide bonds. The van der Waals surface area contributed by atoms with Crippen LogP contribution in [-0.2, 0) is 0 Å². The number of nitrogens with one attached hydrogen (secondary N) is 1. The summed E-state index contributed by atoms with van der Waals surface area (Å²) in [5.74, 6) is 0.406. The molecule has 0 spiro atoms. The molecule has 0 fully saturated rings. The number of ether oxygens (including phenoxy) is 1. The van der Waals surface area contributed by atoms with Crippen LogP contribution in [0.1, 0.15) is 29.8 Å². The average molecular weight is 390 g/mol. The molecule has 0 unspecified atom stereocenters. The fraction of sp³-hybridized carbons (Fsp3) is 0.286. The number of likely N-dealkylation sites (N-methyl/N-ethyl adjacent to an activating group) is 1. The van der Waals surface area contributed by atoms with Crippen molar-refractivity contribution in [1.29, 1.82) is 0 Å². The number of nitrogens with zero attached hydrogens (tertiary/aromatic N) is 1. The summed E-state index contributed by atoms with van der Waals surface area (Å²) in [6, 6.07) is 11.3. The zero-order chi connectivity index (χ0) is 20.5. The topological polar surface area (TPSA) is 41.6 Å². The molecule has 1 aliphatic rings. The molecule has 0 bridgehead atoms. The fourth-order valence-electron chi connectivity index (χ4n) is 3.11. The van der Waals surface area contributed by atoms with Crippen LogP contribution in [0.2, 0.25) is 0 Å². The van der Waals surface area contributed by atoms with Crippen molar-refractivity contribution < 1.29 is 22.7 Å². The van der Waals surface area contributed by atoms with Gasteiger partial charge in [-0.1, -0.05) is 18.2 Å². The zero-order valence-electron chi connectivity index (χ0n) is 15.8. The van der Waals surface area contributed by atoms with Crippen molar-refractivity contribution >= 4 is 23.4 Å². The van der Waals surface area contributed by atoms with E-state index >= 15 is 0 Å². The predicted molar refractivity (Wildman–Crippen MR) is 104 cm³/mol. The Kier molecular flexibility index (Phi) is 5.10. The second-order valence-electron chi connectivity index (χ2n) is 7.35. The van der Waals surface area contributed by atoms with E-state index in [9.17, 15) is 18.0 Å². The Morgan fingerprint density at radius 2 is 1.86 bits per heavy atom. The lowest BCUT2D eigenvalue weighted by Gasteiger charge is -2.39. The lowest BCUT2D eigenvalue weighted by Crippen LogP contribution is -2.45. The normalized spacial score (nSPS) is 15.9. The molecule has 1 N–H and O–H groups in total. The van der Waals surface area contributed by atoms with Gasteiger partial charge in [-0.15, -0.1) is 0 Å². The Balaban J connectivity index is 1.72. The largest absolute Gasteiger partial charge is 0.484 e. The van der Waals surface area contributed by atoms with E-state index in [0.29, 0.717) is 23.4 Å². The minimum Gasteiger partial charge on any atom is -0.484 e. The maximum absolute atomic E-state index is 12.4. The fourth-order valence-corrected chi connectivity index (χ4v) is 3.11. The van der Waals surface area contributed by atoms with E-state index in [2.05, 4.69) is 10.2 Å². The smallest absolute Gasteiger partial charge is 0.409 e. The number of amides is 1. The van der Waals surface area contributed by atoms with Crippen molar-refractivity contribution in [2.24, 2.45) is 0 Å². The van der Waals surface area contributed by atoms with Crippen LogP contribution in [0.3, 0.4) is 0 Å². The number of benzene rings is 2. The lowest BCUT2D eigenvalue weighted by molar-refractivity contribution is -0.0790. The van der Waals surface area contributed by atoms with Crippen molar-refractivity contribution in [2.45, 2.75) is 25.6 Å². The van der Waals surface area contributed by atoms with Crippen LogP contribution in [0.25, 0.3) is 6.08 Å². The molecule has 1 aliphatic heterocycles. The van der Waals surface area contributed by atoms with Crippen molar-refractivity contribution in [3.05, 3.63) is 59.7 Å². The molecule has 0 aromatic heterocycles. The number of fused-ring (bicyclic) bond motifs is 1. The molecule has 28 heavy (non-hydrogen) atoms. The summed E-state index contributed by atoms with van der Waals surface area (Å²) in [5, 5.41) is 2.81. The summed E-state index contributed by atoms with van der Waals surface area (Å²) in [6.07, 6.45) is -3.24. The van der Waals surface area contributed by atoms with E-state index in [1.54, 1.807) is 6.07 Å². The van der Waals surface area contributed by atoms with Gasteiger partial charge < -0.3 is 15.0 Å². The van der Waals surface area contributed by atoms with Crippen LogP contribution < -0.4 is 15.0 Å². The van der Waals surface area contributed by atoms with Crippen LogP contribution in [0, 0.1) is 0 Å². The van der Waals surface area contributed by atoms with Gasteiger partial charge >= 0.3 is 6.18 Å². The number of hydrogen-bond acceptors (Lipinski definition) is 3. The van der Waals surface area contributed by atoms with Crippen molar-refractivity contribution in [3.63, 3.8) is 0 Å². The number of allylic oxidation sites excluding steroid dienone is 1. The second-order valence-corrected chi connectivity index (χ2v) is 7.35. The first kappa shape index (κ1) is 19.8. The van der Waals surface area contributed by atoms with Crippen molar-refractivity contribution in [3.8, 4) is 5.75 Å². The zero-order valence-corrected chi connectivity index (χ0v) is 15.8. The third-order valence-corrected chi connectivity index (χ3v) is 4.27. The number of hydrogen-bond donors (Lipinski definition) is 1. The van der Waals surface area contributed by atoms with Crippen LogP contribution in [0.15, 0.2) is 48.5 Å². The lowest BCUT2D eigenvalue weighted by atomic mass is 10.1. The maximum Gasteiger partial charge on any atom is 0.409 e. The van der Waals surface area contributed by atoms with Crippen LogP contribution in [-0.4, -0.2) is 31.3 Å². The molecule has 4 nitrogen and oxygen atoms in total. The Labute approximate surface area is 161 Å². The molecule has 0 atom stereocenters. The van der Waals surface area contributed by atoms with Crippen LogP contribution in [0.4, 0.5) is 24.5 Å². The average Bonchev–Trinajstić information content (AvgIpc) is 2.59. The van der Waals surface area contributed by atoms with Gasteiger partial charge in [-0.3, -0.25) is 4.79 Å². The number of anilines is 2. The minimum absolute atomic E-state index is 0.162. The van der Waals surface area contributed by atoms with E-state index < -0.39 is 6.18 Å². The van der Waals surface area contributed by atoms with Crippen molar-refractivity contribution in [2.75, 3.05) is 23.8 Å². The van der Waals surface area contributed by atoms with Gasteiger partial charge in [0.1, 0.15) is 11.4 Å². The highest BCUT2D eigenvalue weighted by atomic mass is 19.4. The first-order valence-electron chi connectivity index (χ1n) is 8.74. The van der Waals surface area contributed by atoms with Crippen LogP contribution >= 0.6 is 0 Å². The third kappa shape index (κ3) is 4.85. The molecule has 2 aromatic carbocycles. The van der Waals surface area contributed by atoms with Gasteiger partial charge in [-0.05, 0) is 49.7 Å². The molecule has 1 heterocycles. The number of carbonyl (C=O) groups excluding carboxylic acids is 1. The Morgan fingerprint density at radius 3 is 2.50 bits per heavy atom. The number of carbonyl (C=O) groups is 1. The summed E-state index contributed by atoms with van der Waals surface area (Å²) in [7, 11) is 1.96.